The molecule has 1 aromatic carbocycles. The number of pyridine rings is 1. The number of imidazole rings is 1. The lowest BCUT2D eigenvalue weighted by Gasteiger charge is -2.13. The normalized spacial score (nSPS) is 16.7. The maximum Gasteiger partial charge on any atom is 0.107 e. The summed E-state index contributed by atoms with van der Waals surface area (Å²) in [6, 6.07) is 7.05. The average molecular weight is 363 g/mol. The molecule has 19 heavy (non-hydrogen) atoms. The Balaban J connectivity index is 2.06. The third-order valence-electron chi connectivity index (χ3n) is 4.08. The lowest BCUT2D eigenvalue weighted by atomic mass is 10.1. The molecule has 2 aromatic heterocycles. The van der Waals surface area contributed by atoms with Crippen molar-refractivity contribution in [3.63, 3.8) is 0 Å². The zero-order valence-electron chi connectivity index (χ0n) is 10.5. The summed E-state index contributed by atoms with van der Waals surface area (Å²) in [7, 11) is 0. The first-order valence-corrected chi connectivity index (χ1v) is 7.81. The van der Waals surface area contributed by atoms with Crippen molar-refractivity contribution in [3.8, 4) is 0 Å². The summed E-state index contributed by atoms with van der Waals surface area (Å²) in [6.07, 6.45) is 9.13. The summed E-state index contributed by atoms with van der Waals surface area (Å²) in [5.74, 6) is 0. The van der Waals surface area contributed by atoms with E-state index in [9.17, 15) is 0 Å². The fourth-order valence-electron chi connectivity index (χ4n) is 3.15. The van der Waals surface area contributed by atoms with Crippen molar-refractivity contribution in [2.24, 2.45) is 0 Å². The van der Waals surface area contributed by atoms with E-state index in [2.05, 4.69) is 55.3 Å². The Morgan fingerprint density at radius 3 is 2.79 bits per heavy atom. The van der Waals surface area contributed by atoms with E-state index in [-0.39, 0.29) is 0 Å². The molecule has 1 fully saturated rings. The molecule has 0 atom stereocenters. The minimum absolute atomic E-state index is 0.619. The van der Waals surface area contributed by atoms with E-state index in [4.69, 9.17) is 0 Å². The number of nitrogens with zero attached hydrogens (tertiary/aromatic N) is 3. The Labute approximate surface area is 125 Å². The van der Waals surface area contributed by atoms with Gasteiger partial charge >= 0.3 is 0 Å². The third kappa shape index (κ3) is 1.84. The van der Waals surface area contributed by atoms with Gasteiger partial charge < -0.3 is 4.57 Å². The second-order valence-electron chi connectivity index (χ2n) is 5.24. The van der Waals surface area contributed by atoms with Crippen LogP contribution >= 0.6 is 22.6 Å². The predicted molar refractivity (Wildman–Crippen MR) is 85.3 cm³/mol. The highest BCUT2D eigenvalue weighted by molar-refractivity contribution is 14.1. The molecule has 0 saturated heterocycles. The van der Waals surface area contributed by atoms with Crippen LogP contribution in [0.5, 0.6) is 0 Å². The number of aromatic nitrogens is 3. The lowest BCUT2D eigenvalue weighted by Crippen LogP contribution is -2.03. The molecule has 4 heteroatoms. The maximum absolute atomic E-state index is 4.54. The third-order valence-corrected chi connectivity index (χ3v) is 4.75. The second-order valence-corrected chi connectivity index (χ2v) is 6.49. The van der Waals surface area contributed by atoms with Gasteiger partial charge in [-0.05, 0) is 53.6 Å². The first-order valence-electron chi connectivity index (χ1n) is 6.74. The Morgan fingerprint density at radius 2 is 1.95 bits per heavy atom. The van der Waals surface area contributed by atoms with Gasteiger partial charge in [0.15, 0.2) is 0 Å². The van der Waals surface area contributed by atoms with Gasteiger partial charge in [-0.25, -0.2) is 4.98 Å². The molecule has 1 saturated carbocycles. The number of hydrogen-bond acceptors (Lipinski definition) is 2. The van der Waals surface area contributed by atoms with E-state index in [1.54, 1.807) is 0 Å². The molecule has 0 spiro atoms. The molecule has 1 aliphatic rings. The summed E-state index contributed by atoms with van der Waals surface area (Å²) in [5, 5.41) is 1.23. The van der Waals surface area contributed by atoms with Gasteiger partial charge in [0, 0.05) is 15.0 Å². The number of hydrogen-bond donors (Lipinski definition) is 0. The highest BCUT2D eigenvalue weighted by atomic mass is 127. The van der Waals surface area contributed by atoms with Gasteiger partial charge in [0.05, 0.1) is 23.6 Å². The van der Waals surface area contributed by atoms with Crippen LogP contribution in [0.2, 0.25) is 0 Å². The Hall–Kier alpha value is -1.17. The first-order chi connectivity index (χ1) is 9.33. The maximum atomic E-state index is 4.54. The average Bonchev–Trinajstić information content (AvgIpc) is 3.07. The van der Waals surface area contributed by atoms with Gasteiger partial charge in [0.2, 0.25) is 0 Å². The number of benzene rings is 1. The van der Waals surface area contributed by atoms with Gasteiger partial charge in [-0.2, -0.15) is 0 Å². The highest BCUT2D eigenvalue weighted by Crippen LogP contribution is 2.34. The SMILES string of the molecule is Ic1ccc2ncc3ncn(C4CCCC4)c3c2c1. The van der Waals surface area contributed by atoms with Crippen LogP contribution in [0.4, 0.5) is 0 Å². The van der Waals surface area contributed by atoms with Crippen LogP contribution in [0, 0.1) is 3.57 Å². The van der Waals surface area contributed by atoms with Crippen molar-refractivity contribution in [2.45, 2.75) is 31.7 Å². The summed E-state index contributed by atoms with van der Waals surface area (Å²) < 4.78 is 3.63. The van der Waals surface area contributed by atoms with Crippen LogP contribution in [0.1, 0.15) is 31.7 Å². The second kappa shape index (κ2) is 4.44. The van der Waals surface area contributed by atoms with E-state index >= 15 is 0 Å². The lowest BCUT2D eigenvalue weighted by molar-refractivity contribution is 0.533. The number of fused-ring (bicyclic) bond motifs is 3. The molecule has 1 aliphatic carbocycles. The molecule has 2 heterocycles. The molecule has 0 amide bonds. The fraction of sp³-hybridized carbons (Fsp3) is 0.333. The molecule has 0 aliphatic heterocycles. The molecule has 0 unspecified atom stereocenters. The molecule has 4 rings (SSSR count). The van der Waals surface area contributed by atoms with Crippen LogP contribution in [0.15, 0.2) is 30.7 Å². The van der Waals surface area contributed by atoms with Crippen LogP contribution in [-0.2, 0) is 0 Å². The van der Waals surface area contributed by atoms with E-state index in [0.717, 1.165) is 11.0 Å². The molecular weight excluding hydrogens is 349 g/mol. The quantitative estimate of drug-likeness (QED) is 0.604. The van der Waals surface area contributed by atoms with Crippen LogP contribution < -0.4 is 0 Å². The van der Waals surface area contributed by atoms with Crippen molar-refractivity contribution in [1.29, 1.82) is 0 Å². The van der Waals surface area contributed by atoms with E-state index in [1.165, 1.54) is 40.2 Å². The van der Waals surface area contributed by atoms with Crippen molar-refractivity contribution < 1.29 is 0 Å². The molecular formula is C15H14IN3. The van der Waals surface area contributed by atoms with Gasteiger partial charge in [0.25, 0.3) is 0 Å². The van der Waals surface area contributed by atoms with Gasteiger partial charge in [-0.15, -0.1) is 0 Å². The predicted octanol–water partition coefficient (Wildman–Crippen LogP) is 4.30. The standard InChI is InChI=1S/C15H14IN3/c16-10-5-6-13-12(7-10)15-14(8-17-13)18-9-19(15)11-3-1-2-4-11/h5-9,11H,1-4H2. The number of halogens is 1. The summed E-state index contributed by atoms with van der Waals surface area (Å²) in [6.45, 7) is 0. The van der Waals surface area contributed by atoms with Crippen molar-refractivity contribution in [3.05, 3.63) is 34.3 Å². The van der Waals surface area contributed by atoms with Crippen LogP contribution in [-0.4, -0.2) is 14.5 Å². The molecule has 0 N–H and O–H groups in total. The van der Waals surface area contributed by atoms with Crippen molar-refractivity contribution >= 4 is 44.5 Å². The van der Waals surface area contributed by atoms with Crippen LogP contribution in [0.25, 0.3) is 21.9 Å². The number of rotatable bonds is 1. The van der Waals surface area contributed by atoms with Gasteiger partial charge in [-0.1, -0.05) is 12.8 Å². The highest BCUT2D eigenvalue weighted by Gasteiger charge is 2.20. The topological polar surface area (TPSA) is 30.7 Å². The Morgan fingerprint density at radius 1 is 1.11 bits per heavy atom. The minimum Gasteiger partial charge on any atom is -0.327 e. The smallest absolute Gasteiger partial charge is 0.107 e. The zero-order valence-corrected chi connectivity index (χ0v) is 12.7. The first kappa shape index (κ1) is 11.6. The summed E-state index contributed by atoms with van der Waals surface area (Å²) >= 11 is 2.36. The molecule has 0 radical (unpaired) electrons. The summed E-state index contributed by atoms with van der Waals surface area (Å²) in [4.78, 5) is 9.05. The molecule has 0 bridgehead atoms. The Kier molecular flexibility index (Phi) is 2.72. The summed E-state index contributed by atoms with van der Waals surface area (Å²) in [5.41, 5.74) is 3.34. The van der Waals surface area contributed by atoms with Crippen molar-refractivity contribution in [2.75, 3.05) is 0 Å². The van der Waals surface area contributed by atoms with E-state index in [1.807, 2.05) is 12.5 Å². The Bertz CT molecular complexity index is 757. The van der Waals surface area contributed by atoms with Gasteiger partial charge in [0.1, 0.15) is 5.52 Å². The van der Waals surface area contributed by atoms with Crippen molar-refractivity contribution in [1.82, 2.24) is 14.5 Å². The monoisotopic (exact) mass is 363 g/mol. The van der Waals surface area contributed by atoms with E-state index < -0.39 is 0 Å². The van der Waals surface area contributed by atoms with Gasteiger partial charge in [-0.3, -0.25) is 4.98 Å². The molecule has 3 aromatic rings. The largest absolute Gasteiger partial charge is 0.327 e. The zero-order chi connectivity index (χ0) is 12.8. The molecule has 3 nitrogen and oxygen atoms in total. The van der Waals surface area contributed by atoms with Crippen LogP contribution in [0.3, 0.4) is 0 Å². The minimum atomic E-state index is 0.619. The fourth-order valence-corrected chi connectivity index (χ4v) is 3.64. The van der Waals surface area contributed by atoms with E-state index in [0.29, 0.717) is 6.04 Å². The molecule has 96 valence electrons.